The fourth-order valence-electron chi connectivity index (χ4n) is 1.43. The lowest BCUT2D eigenvalue weighted by Gasteiger charge is -2.15. The predicted octanol–water partition coefficient (Wildman–Crippen LogP) is 3.96. The minimum Gasteiger partial charge on any atom is -0.242 e. The molecule has 1 atom stereocenters. The van der Waals surface area contributed by atoms with Gasteiger partial charge in [0.1, 0.15) is 6.17 Å². The van der Waals surface area contributed by atoms with Gasteiger partial charge in [0.2, 0.25) is 0 Å². The lowest BCUT2D eigenvalue weighted by molar-refractivity contribution is 0.373. The van der Waals surface area contributed by atoms with Crippen molar-refractivity contribution in [2.75, 3.05) is 0 Å². The molecule has 0 N–H and O–H groups in total. The average Bonchev–Trinajstić information content (AvgIpc) is 2.12. The fraction of sp³-hybridized carbons (Fsp3) is 0.500. The Morgan fingerprint density at radius 2 is 2.31 bits per heavy atom. The van der Waals surface area contributed by atoms with Crippen molar-refractivity contribution in [3.63, 3.8) is 0 Å². The Bertz CT molecular complexity index is 246. The quantitative estimate of drug-likeness (QED) is 0.577. The van der Waals surface area contributed by atoms with Crippen molar-refractivity contribution in [1.82, 2.24) is 0 Å². The fourth-order valence-corrected chi connectivity index (χ4v) is 1.43. The van der Waals surface area contributed by atoms with Crippen molar-refractivity contribution in [3.05, 3.63) is 35.5 Å². The van der Waals surface area contributed by atoms with Gasteiger partial charge in [0.25, 0.3) is 0 Å². The van der Waals surface area contributed by atoms with Crippen LogP contribution in [0.2, 0.25) is 0 Å². The van der Waals surface area contributed by atoms with Crippen LogP contribution in [0.15, 0.2) is 35.5 Å². The van der Waals surface area contributed by atoms with Crippen molar-refractivity contribution >= 4 is 0 Å². The summed E-state index contributed by atoms with van der Waals surface area (Å²) in [7, 11) is 0. The van der Waals surface area contributed by atoms with E-state index in [-0.39, 0.29) is 0 Å². The lowest BCUT2D eigenvalue weighted by atomic mass is 9.95. The second-order valence-corrected chi connectivity index (χ2v) is 3.51. The summed E-state index contributed by atoms with van der Waals surface area (Å²) >= 11 is 0. The minimum absolute atomic E-state index is 0.597. The van der Waals surface area contributed by atoms with Crippen LogP contribution in [0.3, 0.4) is 0 Å². The normalized spacial score (nSPS) is 23.2. The Hall–Kier alpha value is -0.850. The van der Waals surface area contributed by atoms with E-state index in [4.69, 9.17) is 0 Å². The molecule has 1 aliphatic rings. The van der Waals surface area contributed by atoms with E-state index >= 15 is 0 Å². The van der Waals surface area contributed by atoms with Crippen molar-refractivity contribution in [2.24, 2.45) is 0 Å². The number of rotatable bonds is 3. The minimum atomic E-state index is -0.745. The van der Waals surface area contributed by atoms with Crippen molar-refractivity contribution in [3.8, 4) is 0 Å². The van der Waals surface area contributed by atoms with E-state index in [0.29, 0.717) is 6.42 Å². The van der Waals surface area contributed by atoms with Crippen LogP contribution in [0, 0.1) is 0 Å². The molecule has 1 heteroatoms. The van der Waals surface area contributed by atoms with Gasteiger partial charge in [-0.15, -0.1) is 0 Å². The largest absolute Gasteiger partial charge is 0.242 e. The molecular formula is C12H17F. The van der Waals surface area contributed by atoms with Gasteiger partial charge >= 0.3 is 0 Å². The van der Waals surface area contributed by atoms with E-state index in [1.54, 1.807) is 0 Å². The van der Waals surface area contributed by atoms with Gasteiger partial charge in [0.05, 0.1) is 0 Å². The summed E-state index contributed by atoms with van der Waals surface area (Å²) in [6, 6.07) is 0. The molecule has 0 aromatic heterocycles. The van der Waals surface area contributed by atoms with E-state index in [2.05, 4.69) is 12.2 Å². The monoisotopic (exact) mass is 180 g/mol. The zero-order valence-electron chi connectivity index (χ0n) is 8.39. The van der Waals surface area contributed by atoms with Crippen molar-refractivity contribution in [2.45, 2.75) is 39.3 Å². The molecule has 1 rings (SSSR count). The Morgan fingerprint density at radius 3 is 2.92 bits per heavy atom. The number of hydrogen-bond acceptors (Lipinski definition) is 0. The summed E-state index contributed by atoms with van der Waals surface area (Å²) in [5.74, 6) is 0. The molecule has 0 saturated carbocycles. The van der Waals surface area contributed by atoms with Crippen LogP contribution >= 0.6 is 0 Å². The molecule has 1 unspecified atom stereocenters. The molecule has 0 heterocycles. The second kappa shape index (κ2) is 5.00. The Kier molecular flexibility index (Phi) is 3.94. The third-order valence-electron chi connectivity index (χ3n) is 2.39. The lowest BCUT2D eigenvalue weighted by Crippen LogP contribution is -2.07. The molecule has 0 nitrogen and oxygen atoms in total. The zero-order valence-corrected chi connectivity index (χ0v) is 8.39. The molecule has 0 bridgehead atoms. The van der Waals surface area contributed by atoms with Gasteiger partial charge in [-0.05, 0) is 32.3 Å². The van der Waals surface area contributed by atoms with Crippen LogP contribution in [0.4, 0.5) is 4.39 Å². The summed E-state index contributed by atoms with van der Waals surface area (Å²) in [5, 5.41) is 0. The molecule has 1 aliphatic carbocycles. The summed E-state index contributed by atoms with van der Waals surface area (Å²) in [5.41, 5.74) is 2.09. The Labute approximate surface area is 79.8 Å². The first-order valence-electron chi connectivity index (χ1n) is 4.85. The van der Waals surface area contributed by atoms with E-state index in [1.807, 2.05) is 26.0 Å². The number of alkyl halides is 1. The molecule has 0 aliphatic heterocycles. The third-order valence-corrected chi connectivity index (χ3v) is 2.39. The van der Waals surface area contributed by atoms with Gasteiger partial charge in [0, 0.05) is 6.42 Å². The van der Waals surface area contributed by atoms with Gasteiger partial charge in [-0.25, -0.2) is 4.39 Å². The van der Waals surface area contributed by atoms with Gasteiger partial charge < -0.3 is 0 Å². The van der Waals surface area contributed by atoms with Crippen molar-refractivity contribution < 1.29 is 4.39 Å². The van der Waals surface area contributed by atoms with Gasteiger partial charge in [-0.2, -0.15) is 0 Å². The van der Waals surface area contributed by atoms with E-state index in [9.17, 15) is 4.39 Å². The Morgan fingerprint density at radius 1 is 1.54 bits per heavy atom. The molecule has 0 fully saturated rings. The van der Waals surface area contributed by atoms with Crippen LogP contribution in [0.1, 0.15) is 33.1 Å². The zero-order chi connectivity index (χ0) is 9.68. The summed E-state index contributed by atoms with van der Waals surface area (Å²) in [6.45, 7) is 3.86. The first-order chi connectivity index (χ1) is 6.24. The van der Waals surface area contributed by atoms with Gasteiger partial charge in [-0.3, -0.25) is 0 Å². The smallest absolute Gasteiger partial charge is 0.125 e. The van der Waals surface area contributed by atoms with E-state index < -0.39 is 6.17 Å². The maximum absolute atomic E-state index is 13.2. The van der Waals surface area contributed by atoms with E-state index in [0.717, 1.165) is 18.4 Å². The van der Waals surface area contributed by atoms with Crippen LogP contribution in [-0.2, 0) is 0 Å². The van der Waals surface area contributed by atoms with Crippen LogP contribution in [0.25, 0.3) is 0 Å². The molecular weight excluding hydrogens is 163 g/mol. The highest BCUT2D eigenvalue weighted by Gasteiger charge is 2.14. The molecule has 0 saturated heterocycles. The Balaban J connectivity index is 2.44. The predicted molar refractivity (Wildman–Crippen MR) is 55.4 cm³/mol. The third kappa shape index (κ3) is 3.17. The highest BCUT2D eigenvalue weighted by Crippen LogP contribution is 2.24. The number of halogens is 1. The molecule has 13 heavy (non-hydrogen) atoms. The molecule has 0 aromatic rings. The maximum Gasteiger partial charge on any atom is 0.125 e. The molecule has 72 valence electrons. The topological polar surface area (TPSA) is 0 Å². The summed E-state index contributed by atoms with van der Waals surface area (Å²) in [4.78, 5) is 0. The van der Waals surface area contributed by atoms with Crippen LogP contribution in [0.5, 0.6) is 0 Å². The maximum atomic E-state index is 13.2. The standard InChI is InChI=1S/C12H17F/c1-3-4-5-6-11-8-7-10(2)12(13)9-11/h3-4,7-8,12H,5-6,9H2,1-2H3/b4-3+. The van der Waals surface area contributed by atoms with E-state index in [1.165, 1.54) is 5.57 Å². The number of hydrogen-bond donors (Lipinski definition) is 0. The number of allylic oxidation sites excluding steroid dienone is 6. The van der Waals surface area contributed by atoms with Gasteiger partial charge in [-0.1, -0.05) is 29.9 Å². The average molecular weight is 180 g/mol. The summed E-state index contributed by atoms with van der Waals surface area (Å²) < 4.78 is 13.2. The first-order valence-corrected chi connectivity index (χ1v) is 4.85. The SMILES string of the molecule is C/C=C/CCC1=CC=C(C)C(F)C1. The molecule has 0 amide bonds. The van der Waals surface area contributed by atoms with Crippen LogP contribution in [-0.4, -0.2) is 6.17 Å². The summed E-state index contributed by atoms with van der Waals surface area (Å²) in [6.07, 6.45) is 10.0. The molecule has 0 spiro atoms. The van der Waals surface area contributed by atoms with Crippen molar-refractivity contribution in [1.29, 1.82) is 0 Å². The first kappa shape index (κ1) is 10.2. The molecule has 0 radical (unpaired) electrons. The highest BCUT2D eigenvalue weighted by molar-refractivity contribution is 5.26. The molecule has 0 aromatic carbocycles. The highest BCUT2D eigenvalue weighted by atomic mass is 19.1. The van der Waals surface area contributed by atoms with Gasteiger partial charge in [0.15, 0.2) is 0 Å². The second-order valence-electron chi connectivity index (χ2n) is 3.51. The van der Waals surface area contributed by atoms with Crippen LogP contribution < -0.4 is 0 Å².